The van der Waals surface area contributed by atoms with E-state index in [1.165, 1.54) is 6.07 Å². The van der Waals surface area contributed by atoms with Crippen molar-refractivity contribution in [1.29, 1.82) is 0 Å². The van der Waals surface area contributed by atoms with Gasteiger partial charge in [0.25, 0.3) is 0 Å². The molecule has 2 rings (SSSR count). The van der Waals surface area contributed by atoms with Crippen LogP contribution in [0.3, 0.4) is 0 Å². The minimum absolute atomic E-state index is 0.358. The molecule has 0 aliphatic carbocycles. The van der Waals surface area contributed by atoms with E-state index in [1.54, 1.807) is 23.9 Å². The third-order valence-electron chi connectivity index (χ3n) is 2.90. The normalized spacial score (nSPS) is 12.4. The Hall–Kier alpha value is -1.07. The largest absolute Gasteiger partial charge is 0.271 e. The van der Waals surface area contributed by atoms with E-state index < -0.39 is 6.04 Å². The molecule has 0 amide bonds. The Balaban J connectivity index is 2.44. The van der Waals surface area contributed by atoms with Gasteiger partial charge in [-0.15, -0.1) is 11.8 Å². The van der Waals surface area contributed by atoms with Gasteiger partial charge in [-0.1, -0.05) is 29.8 Å². The molecule has 0 aliphatic rings. The zero-order valence-corrected chi connectivity index (χ0v) is 11.9. The maximum absolute atomic E-state index is 13.9. The maximum atomic E-state index is 13.9. The molecule has 0 spiro atoms. The van der Waals surface area contributed by atoms with E-state index in [9.17, 15) is 4.39 Å². The lowest BCUT2D eigenvalue weighted by atomic mass is 9.99. The Morgan fingerprint density at radius 3 is 2.42 bits per heavy atom. The van der Waals surface area contributed by atoms with E-state index in [4.69, 9.17) is 17.4 Å². The summed E-state index contributed by atoms with van der Waals surface area (Å²) < 4.78 is 13.9. The second-order valence-electron chi connectivity index (χ2n) is 4.01. The van der Waals surface area contributed by atoms with Crippen LogP contribution in [0.25, 0.3) is 0 Å². The number of hydrazine groups is 1. The number of nitrogens with one attached hydrogen (secondary N) is 1. The SMILES string of the molecule is CSc1ccc(C(NN)c2c(F)cccc2Cl)cc1. The highest BCUT2D eigenvalue weighted by Gasteiger charge is 2.19. The van der Waals surface area contributed by atoms with Crippen molar-refractivity contribution in [2.75, 3.05) is 6.26 Å². The van der Waals surface area contributed by atoms with Crippen molar-refractivity contribution >= 4 is 23.4 Å². The van der Waals surface area contributed by atoms with E-state index >= 15 is 0 Å². The lowest BCUT2D eigenvalue weighted by Gasteiger charge is -2.19. The van der Waals surface area contributed by atoms with Gasteiger partial charge in [0, 0.05) is 15.5 Å². The molecule has 1 unspecified atom stereocenters. The molecule has 0 aromatic heterocycles. The number of thioether (sulfide) groups is 1. The molecule has 2 aromatic rings. The highest BCUT2D eigenvalue weighted by molar-refractivity contribution is 7.98. The predicted octanol–water partition coefficient (Wildman–Crippen LogP) is 3.75. The topological polar surface area (TPSA) is 38.0 Å². The molecule has 100 valence electrons. The summed E-state index contributed by atoms with van der Waals surface area (Å²) in [5.41, 5.74) is 3.85. The first-order chi connectivity index (χ1) is 9.17. The van der Waals surface area contributed by atoms with Crippen molar-refractivity contribution in [2.24, 2.45) is 5.84 Å². The van der Waals surface area contributed by atoms with Crippen LogP contribution in [-0.4, -0.2) is 6.26 Å². The smallest absolute Gasteiger partial charge is 0.129 e. The molecular weight excluding hydrogens is 283 g/mol. The van der Waals surface area contributed by atoms with E-state index in [0.29, 0.717) is 10.6 Å². The molecule has 0 bridgehead atoms. The summed E-state index contributed by atoms with van der Waals surface area (Å²) in [4.78, 5) is 1.14. The minimum Gasteiger partial charge on any atom is -0.271 e. The van der Waals surface area contributed by atoms with Crippen LogP contribution in [0.15, 0.2) is 47.4 Å². The van der Waals surface area contributed by atoms with Crippen LogP contribution < -0.4 is 11.3 Å². The lowest BCUT2D eigenvalue weighted by molar-refractivity contribution is 0.560. The van der Waals surface area contributed by atoms with Gasteiger partial charge in [-0.05, 0) is 36.1 Å². The van der Waals surface area contributed by atoms with Gasteiger partial charge in [0.15, 0.2) is 0 Å². The van der Waals surface area contributed by atoms with Crippen LogP contribution in [0.2, 0.25) is 5.02 Å². The van der Waals surface area contributed by atoms with Crippen molar-refractivity contribution in [2.45, 2.75) is 10.9 Å². The van der Waals surface area contributed by atoms with Crippen molar-refractivity contribution in [3.8, 4) is 0 Å². The molecule has 2 nitrogen and oxygen atoms in total. The molecule has 0 radical (unpaired) electrons. The minimum atomic E-state index is -0.468. The monoisotopic (exact) mass is 296 g/mol. The van der Waals surface area contributed by atoms with E-state index in [1.807, 2.05) is 30.5 Å². The quantitative estimate of drug-likeness (QED) is 0.513. The summed E-state index contributed by atoms with van der Waals surface area (Å²) in [6, 6.07) is 11.9. The standard InChI is InChI=1S/C14H14ClFN2S/c1-19-10-7-5-9(6-8-10)14(18-17)13-11(15)3-2-4-12(13)16/h2-8,14,18H,17H2,1H3. The molecule has 0 saturated heterocycles. The molecule has 0 fully saturated rings. The summed E-state index contributed by atoms with van der Waals surface area (Å²) in [6.07, 6.45) is 2.00. The highest BCUT2D eigenvalue weighted by atomic mass is 35.5. The summed E-state index contributed by atoms with van der Waals surface area (Å²) in [5.74, 6) is 5.19. The molecule has 2 aromatic carbocycles. The number of halogens is 2. The van der Waals surface area contributed by atoms with Crippen LogP contribution in [0, 0.1) is 5.82 Å². The van der Waals surface area contributed by atoms with Crippen LogP contribution in [0.4, 0.5) is 4.39 Å². The van der Waals surface area contributed by atoms with Gasteiger partial charge < -0.3 is 0 Å². The molecule has 0 saturated carbocycles. The van der Waals surface area contributed by atoms with E-state index in [2.05, 4.69) is 5.43 Å². The average molecular weight is 297 g/mol. The molecule has 0 aliphatic heterocycles. The van der Waals surface area contributed by atoms with Gasteiger partial charge >= 0.3 is 0 Å². The number of benzene rings is 2. The fourth-order valence-corrected chi connectivity index (χ4v) is 2.61. The number of hydrogen-bond donors (Lipinski definition) is 2. The molecule has 1 atom stereocenters. The molecule has 3 N–H and O–H groups in total. The highest BCUT2D eigenvalue weighted by Crippen LogP contribution is 2.30. The summed E-state index contributed by atoms with van der Waals surface area (Å²) >= 11 is 7.72. The van der Waals surface area contributed by atoms with Crippen LogP contribution in [0.1, 0.15) is 17.2 Å². The predicted molar refractivity (Wildman–Crippen MR) is 78.8 cm³/mol. The third kappa shape index (κ3) is 3.09. The first-order valence-corrected chi connectivity index (χ1v) is 7.31. The van der Waals surface area contributed by atoms with Gasteiger partial charge in [-0.2, -0.15) is 0 Å². The summed E-state index contributed by atoms with van der Waals surface area (Å²) in [5, 5.41) is 0.358. The van der Waals surface area contributed by atoms with Gasteiger partial charge in [0.1, 0.15) is 5.82 Å². The van der Waals surface area contributed by atoms with Crippen LogP contribution >= 0.6 is 23.4 Å². The second-order valence-corrected chi connectivity index (χ2v) is 5.30. The van der Waals surface area contributed by atoms with Crippen LogP contribution in [-0.2, 0) is 0 Å². The zero-order valence-electron chi connectivity index (χ0n) is 10.4. The van der Waals surface area contributed by atoms with E-state index in [0.717, 1.165) is 10.5 Å². The average Bonchev–Trinajstić information content (AvgIpc) is 2.43. The van der Waals surface area contributed by atoms with E-state index in [-0.39, 0.29) is 5.82 Å². The number of rotatable bonds is 4. The molecule has 0 heterocycles. The van der Waals surface area contributed by atoms with Gasteiger partial charge in [0.05, 0.1) is 6.04 Å². The zero-order chi connectivity index (χ0) is 13.8. The van der Waals surface area contributed by atoms with Crippen molar-refractivity contribution < 1.29 is 4.39 Å². The first kappa shape index (κ1) is 14.3. The van der Waals surface area contributed by atoms with Gasteiger partial charge in [0.2, 0.25) is 0 Å². The van der Waals surface area contributed by atoms with Gasteiger partial charge in [-0.25, -0.2) is 9.82 Å². The Morgan fingerprint density at radius 2 is 1.89 bits per heavy atom. The Bertz CT molecular complexity index is 540. The number of nitrogens with two attached hydrogens (primary N) is 1. The van der Waals surface area contributed by atoms with Crippen molar-refractivity contribution in [3.05, 3.63) is 64.4 Å². The number of hydrogen-bond acceptors (Lipinski definition) is 3. The summed E-state index contributed by atoms with van der Waals surface area (Å²) in [6.45, 7) is 0. The first-order valence-electron chi connectivity index (χ1n) is 5.71. The molecule has 19 heavy (non-hydrogen) atoms. The molecule has 5 heteroatoms. The maximum Gasteiger partial charge on any atom is 0.129 e. The fraction of sp³-hybridized carbons (Fsp3) is 0.143. The van der Waals surface area contributed by atoms with Gasteiger partial charge in [-0.3, -0.25) is 5.84 Å². The fourth-order valence-electron chi connectivity index (χ4n) is 1.93. The lowest BCUT2D eigenvalue weighted by Crippen LogP contribution is -2.29. The second kappa shape index (κ2) is 6.39. The van der Waals surface area contributed by atoms with Crippen molar-refractivity contribution in [3.63, 3.8) is 0 Å². The van der Waals surface area contributed by atoms with Crippen LogP contribution in [0.5, 0.6) is 0 Å². The Morgan fingerprint density at radius 1 is 1.21 bits per heavy atom. The van der Waals surface area contributed by atoms with Crippen molar-refractivity contribution in [1.82, 2.24) is 5.43 Å². The molecular formula is C14H14ClFN2S. The Labute approximate surface area is 121 Å². The Kier molecular flexibility index (Phi) is 4.82. The third-order valence-corrected chi connectivity index (χ3v) is 3.98. The summed E-state index contributed by atoms with van der Waals surface area (Å²) in [7, 11) is 0.